The Bertz CT molecular complexity index is 1060. The zero-order valence-corrected chi connectivity index (χ0v) is 20.7. The Morgan fingerprint density at radius 3 is 2.50 bits per heavy atom. The Labute approximate surface area is 212 Å². The number of amides is 1. The van der Waals surface area contributed by atoms with Crippen LogP contribution in [0.3, 0.4) is 0 Å². The first-order valence-corrected chi connectivity index (χ1v) is 12.3. The maximum Gasteiger partial charge on any atom is 0.575 e. The monoisotopic (exact) mass is 527 g/mol. The molecule has 2 aromatic heterocycles. The summed E-state index contributed by atoms with van der Waals surface area (Å²) in [5.74, 6) is -1.53. The highest BCUT2D eigenvalue weighted by atomic mass is 35.5. The van der Waals surface area contributed by atoms with Gasteiger partial charge in [0.05, 0.1) is 12.1 Å². The summed E-state index contributed by atoms with van der Waals surface area (Å²) in [6.45, 7) is 0.688. The van der Waals surface area contributed by atoms with E-state index in [0.29, 0.717) is 24.2 Å². The molecule has 7 nitrogen and oxygen atoms in total. The molecule has 0 radical (unpaired) electrons. The normalized spacial score (nSPS) is 19.4. The molecule has 0 saturated heterocycles. The van der Waals surface area contributed by atoms with E-state index in [4.69, 9.17) is 11.6 Å². The Balaban J connectivity index is 0.000000392. The lowest BCUT2D eigenvalue weighted by Gasteiger charge is -2.28. The second kappa shape index (κ2) is 12.5. The van der Waals surface area contributed by atoms with Gasteiger partial charge in [-0.15, -0.1) is 13.2 Å². The number of aliphatic hydroxyl groups is 1. The Hall–Kier alpha value is -2.72. The first kappa shape index (κ1) is 27.9. The molecule has 0 bridgehead atoms. The molecule has 2 atom stereocenters. The molecular formula is C25H29ClF3N3O4. The molecule has 4 rings (SSSR count). The summed E-state index contributed by atoms with van der Waals surface area (Å²) in [4.78, 5) is 31.3. The van der Waals surface area contributed by atoms with Crippen molar-refractivity contribution in [3.05, 3.63) is 57.6 Å². The number of carbonyl (C=O) groups is 2. The highest BCUT2D eigenvalue weighted by molar-refractivity contribution is 6.29. The minimum atomic E-state index is -4.83. The molecule has 2 heterocycles. The Kier molecular flexibility index (Phi) is 9.67. The molecule has 1 fully saturated rings. The predicted molar refractivity (Wildman–Crippen MR) is 126 cm³/mol. The number of pyridine rings is 2. The Morgan fingerprint density at radius 1 is 1.17 bits per heavy atom. The molecule has 1 amide bonds. The molecule has 2 aliphatic carbocycles. The fourth-order valence-electron chi connectivity index (χ4n) is 4.48. The van der Waals surface area contributed by atoms with Crippen LogP contribution in [0.25, 0.3) is 0 Å². The number of hydrogen-bond acceptors (Lipinski definition) is 6. The predicted octanol–water partition coefficient (Wildman–Crippen LogP) is 4.70. The SMILES string of the molecule is CC(=O)OC(F)(F)F.O=C(N[C@H]1CCCC[C@@H]1O)c1cc(Cc2ccc(Cl)nc2)c2c(n1)CCCC2. The average molecular weight is 528 g/mol. The molecule has 36 heavy (non-hydrogen) atoms. The second-order valence-corrected chi connectivity index (χ2v) is 9.32. The van der Waals surface area contributed by atoms with Crippen LogP contribution in [-0.2, 0) is 28.8 Å². The van der Waals surface area contributed by atoms with Gasteiger partial charge in [0.25, 0.3) is 5.91 Å². The van der Waals surface area contributed by atoms with Gasteiger partial charge in [-0.1, -0.05) is 30.5 Å². The van der Waals surface area contributed by atoms with Gasteiger partial charge in [-0.05, 0) is 73.8 Å². The molecule has 2 N–H and O–H groups in total. The quantitative estimate of drug-likeness (QED) is 0.441. The third-order valence-corrected chi connectivity index (χ3v) is 6.34. The number of aliphatic hydroxyl groups excluding tert-OH is 1. The lowest BCUT2D eigenvalue weighted by atomic mass is 9.89. The van der Waals surface area contributed by atoms with Crippen molar-refractivity contribution in [2.75, 3.05) is 0 Å². The van der Waals surface area contributed by atoms with Crippen LogP contribution in [0.15, 0.2) is 24.4 Å². The van der Waals surface area contributed by atoms with Crippen LogP contribution < -0.4 is 5.32 Å². The van der Waals surface area contributed by atoms with Crippen molar-refractivity contribution in [3.63, 3.8) is 0 Å². The van der Waals surface area contributed by atoms with Gasteiger partial charge < -0.3 is 15.2 Å². The number of rotatable bonds is 4. The van der Waals surface area contributed by atoms with Crippen LogP contribution in [-0.4, -0.2) is 45.5 Å². The first-order chi connectivity index (χ1) is 17.0. The highest BCUT2D eigenvalue weighted by Gasteiger charge is 2.32. The van der Waals surface area contributed by atoms with Gasteiger partial charge in [-0.25, -0.2) is 9.97 Å². The maximum atomic E-state index is 12.9. The second-order valence-electron chi connectivity index (χ2n) is 8.94. The number of nitrogens with zero attached hydrogens (tertiary/aromatic N) is 2. The lowest BCUT2D eigenvalue weighted by Crippen LogP contribution is -2.45. The van der Waals surface area contributed by atoms with Crippen molar-refractivity contribution in [2.45, 2.75) is 83.2 Å². The summed E-state index contributed by atoms with van der Waals surface area (Å²) < 4.78 is 35.4. The summed E-state index contributed by atoms with van der Waals surface area (Å²) >= 11 is 5.91. The smallest absolute Gasteiger partial charge is 0.391 e. The third kappa shape index (κ3) is 8.44. The van der Waals surface area contributed by atoms with Gasteiger partial charge in [0.15, 0.2) is 0 Å². The minimum absolute atomic E-state index is 0.178. The number of alkyl halides is 3. The molecular weight excluding hydrogens is 499 g/mol. The molecule has 2 aromatic rings. The van der Waals surface area contributed by atoms with E-state index in [-0.39, 0.29) is 11.9 Å². The van der Waals surface area contributed by atoms with Crippen LogP contribution in [0.1, 0.15) is 78.3 Å². The summed E-state index contributed by atoms with van der Waals surface area (Å²) in [5.41, 5.74) is 4.98. The van der Waals surface area contributed by atoms with Crippen LogP contribution in [0.5, 0.6) is 0 Å². The fraction of sp³-hybridized carbons (Fsp3) is 0.520. The first-order valence-electron chi connectivity index (χ1n) is 11.9. The molecule has 0 aromatic carbocycles. The van der Waals surface area contributed by atoms with E-state index in [1.165, 1.54) is 5.56 Å². The maximum absolute atomic E-state index is 12.9. The molecule has 1 saturated carbocycles. The van der Waals surface area contributed by atoms with Gasteiger partial charge in [0.1, 0.15) is 10.8 Å². The lowest BCUT2D eigenvalue weighted by molar-refractivity contribution is -0.304. The van der Waals surface area contributed by atoms with Crippen molar-refractivity contribution in [1.82, 2.24) is 15.3 Å². The van der Waals surface area contributed by atoms with E-state index in [0.717, 1.165) is 68.2 Å². The Morgan fingerprint density at radius 2 is 1.89 bits per heavy atom. The number of fused-ring (bicyclic) bond motifs is 1. The zero-order valence-electron chi connectivity index (χ0n) is 19.9. The molecule has 11 heteroatoms. The summed E-state index contributed by atoms with van der Waals surface area (Å²) in [6, 6.07) is 5.51. The minimum Gasteiger partial charge on any atom is -0.391 e. The number of aromatic nitrogens is 2. The molecule has 196 valence electrons. The van der Waals surface area contributed by atoms with Crippen molar-refractivity contribution in [3.8, 4) is 0 Å². The summed E-state index contributed by atoms with van der Waals surface area (Å²) in [6.07, 6.45) is 5.00. The fourth-order valence-corrected chi connectivity index (χ4v) is 4.59. The number of esters is 1. The van der Waals surface area contributed by atoms with Crippen LogP contribution >= 0.6 is 11.6 Å². The van der Waals surface area contributed by atoms with E-state index >= 15 is 0 Å². The average Bonchev–Trinajstić information content (AvgIpc) is 2.81. The highest BCUT2D eigenvalue weighted by Crippen LogP contribution is 2.26. The van der Waals surface area contributed by atoms with Crippen molar-refractivity contribution in [2.24, 2.45) is 0 Å². The zero-order chi connectivity index (χ0) is 26.3. The summed E-state index contributed by atoms with van der Waals surface area (Å²) in [7, 11) is 0. The molecule has 0 unspecified atom stereocenters. The van der Waals surface area contributed by atoms with Crippen LogP contribution in [0, 0.1) is 0 Å². The molecule has 0 spiro atoms. The topological polar surface area (TPSA) is 101 Å². The van der Waals surface area contributed by atoms with Gasteiger partial charge in [0.2, 0.25) is 0 Å². The standard InChI is InChI=1S/C22H26ClN3O2.C3H3F3O2/c23-21-10-9-14(13-24-21)11-15-12-19(25-17-6-2-1-5-16(15)17)22(28)26-18-7-3-4-8-20(18)27;1-2(7)8-3(4,5)6/h9-10,12-13,18,20,27H,1-8,11H2,(H,26,28);1H3/t18-,20-;/m0./s1. The number of aryl methyl sites for hydroxylation is 1. The number of ether oxygens (including phenoxy) is 1. The van der Waals surface area contributed by atoms with Gasteiger partial charge >= 0.3 is 12.3 Å². The number of nitrogens with one attached hydrogen (secondary N) is 1. The number of hydrogen-bond donors (Lipinski definition) is 2. The third-order valence-electron chi connectivity index (χ3n) is 6.11. The molecule has 2 aliphatic rings. The van der Waals surface area contributed by atoms with Gasteiger partial charge in [-0.3, -0.25) is 9.59 Å². The number of carbonyl (C=O) groups excluding carboxylic acids is 2. The summed E-state index contributed by atoms with van der Waals surface area (Å²) in [5, 5.41) is 13.7. The van der Waals surface area contributed by atoms with E-state index in [2.05, 4.69) is 20.0 Å². The number of halogens is 4. The van der Waals surface area contributed by atoms with Crippen LogP contribution in [0.4, 0.5) is 13.2 Å². The van der Waals surface area contributed by atoms with Crippen LogP contribution in [0.2, 0.25) is 5.15 Å². The van der Waals surface area contributed by atoms with E-state index in [1.807, 2.05) is 12.1 Å². The van der Waals surface area contributed by atoms with E-state index in [1.54, 1.807) is 12.3 Å². The van der Waals surface area contributed by atoms with E-state index < -0.39 is 18.4 Å². The van der Waals surface area contributed by atoms with E-state index in [9.17, 15) is 27.9 Å². The van der Waals surface area contributed by atoms with Crippen molar-refractivity contribution >= 4 is 23.5 Å². The van der Waals surface area contributed by atoms with Gasteiger partial charge in [0, 0.05) is 18.8 Å². The van der Waals surface area contributed by atoms with Gasteiger partial charge in [-0.2, -0.15) is 0 Å². The van der Waals surface area contributed by atoms with Crippen molar-refractivity contribution in [1.29, 1.82) is 0 Å². The largest absolute Gasteiger partial charge is 0.575 e. The molecule has 0 aliphatic heterocycles. The van der Waals surface area contributed by atoms with Crippen molar-refractivity contribution < 1.29 is 32.6 Å².